The van der Waals surface area contributed by atoms with E-state index in [-0.39, 0.29) is 17.6 Å². The first-order chi connectivity index (χ1) is 14.9. The molecule has 8 heteroatoms. The number of carbonyl (C=O) groups excluding carboxylic acids is 2. The zero-order valence-electron chi connectivity index (χ0n) is 16.7. The number of benzene rings is 2. The maximum Gasteiger partial charge on any atom is 0.291 e. The number of fused-ring (bicyclic) bond motifs is 1. The Balaban J connectivity index is 1.56. The molecule has 0 spiro atoms. The normalized spacial score (nSPS) is 14.2. The number of nitrogens with zero attached hydrogens (tertiary/aromatic N) is 1. The summed E-state index contributed by atoms with van der Waals surface area (Å²) in [5.74, 6) is 0.289. The fourth-order valence-corrected chi connectivity index (χ4v) is 3.98. The summed E-state index contributed by atoms with van der Waals surface area (Å²) in [4.78, 5) is 25.2. The van der Waals surface area contributed by atoms with Gasteiger partial charge in [0.2, 0.25) is 0 Å². The molecule has 0 unspecified atom stereocenters. The number of aryl methyl sites for hydroxylation is 1. The van der Waals surface area contributed by atoms with Crippen molar-refractivity contribution in [1.29, 1.82) is 0 Å². The van der Waals surface area contributed by atoms with Crippen LogP contribution in [0.25, 0.3) is 0 Å². The first-order valence-electron chi connectivity index (χ1n) is 9.74. The van der Waals surface area contributed by atoms with E-state index in [9.17, 15) is 9.59 Å². The van der Waals surface area contributed by atoms with Gasteiger partial charge >= 0.3 is 0 Å². The highest BCUT2D eigenvalue weighted by atomic mass is 79.9. The number of rotatable bonds is 4. The molecule has 0 atom stereocenters. The first-order valence-corrected chi connectivity index (χ1v) is 10.9. The van der Waals surface area contributed by atoms with E-state index in [1.807, 2.05) is 19.1 Å². The Morgan fingerprint density at radius 2 is 1.87 bits per heavy atom. The van der Waals surface area contributed by atoms with Gasteiger partial charge in [-0.2, -0.15) is 5.10 Å². The van der Waals surface area contributed by atoms with Gasteiger partial charge in [-0.25, -0.2) is 5.43 Å². The van der Waals surface area contributed by atoms with Gasteiger partial charge in [0.1, 0.15) is 5.76 Å². The Bertz CT molecular complexity index is 1190. The van der Waals surface area contributed by atoms with Crippen LogP contribution in [-0.2, 0) is 6.42 Å². The van der Waals surface area contributed by atoms with E-state index >= 15 is 0 Å². The predicted molar refractivity (Wildman–Crippen MR) is 124 cm³/mol. The van der Waals surface area contributed by atoms with Crippen LogP contribution in [0, 0.1) is 6.92 Å². The topological polar surface area (TPSA) is 83.7 Å². The number of hydrogen-bond acceptors (Lipinski definition) is 4. The molecule has 1 heterocycles. The smallest absolute Gasteiger partial charge is 0.291 e. The lowest BCUT2D eigenvalue weighted by molar-refractivity contribution is 0.0953. The van der Waals surface area contributed by atoms with Gasteiger partial charge < -0.3 is 9.73 Å². The molecule has 2 amide bonds. The van der Waals surface area contributed by atoms with Gasteiger partial charge in [-0.1, -0.05) is 33.6 Å². The van der Waals surface area contributed by atoms with Crippen molar-refractivity contribution < 1.29 is 14.0 Å². The maximum atomic E-state index is 12.8. The number of hydrazone groups is 1. The van der Waals surface area contributed by atoms with E-state index < -0.39 is 0 Å². The van der Waals surface area contributed by atoms with Crippen LogP contribution in [0.3, 0.4) is 0 Å². The molecule has 1 aliphatic rings. The summed E-state index contributed by atoms with van der Waals surface area (Å²) in [5.41, 5.74) is 5.88. The van der Waals surface area contributed by atoms with Gasteiger partial charge in [-0.05, 0) is 62.2 Å². The summed E-state index contributed by atoms with van der Waals surface area (Å²) >= 11 is 9.33. The minimum Gasteiger partial charge on any atom is -0.455 e. The standard InChI is InChI=1S/C23H19BrClN3O3/c1-13-20-18(27-28-22(29)14-4-2-5-16(25)12-14)6-3-7-19(20)31-21(13)23(30)26-17-10-8-15(24)9-11-17/h2,4-5,8-12H,3,6-7H2,1H3,(H,26,30)(H,28,29)/b27-18+. The van der Waals surface area contributed by atoms with E-state index in [2.05, 4.69) is 31.8 Å². The molecular weight excluding hydrogens is 482 g/mol. The highest BCUT2D eigenvalue weighted by Gasteiger charge is 2.28. The average Bonchev–Trinajstić information content (AvgIpc) is 3.11. The van der Waals surface area contributed by atoms with Crippen LogP contribution in [0.5, 0.6) is 0 Å². The first kappa shape index (κ1) is 21.3. The summed E-state index contributed by atoms with van der Waals surface area (Å²) in [7, 11) is 0. The lowest BCUT2D eigenvalue weighted by Gasteiger charge is -2.13. The molecular formula is C23H19BrClN3O3. The van der Waals surface area contributed by atoms with Gasteiger partial charge in [0.25, 0.3) is 11.8 Å². The minimum absolute atomic E-state index is 0.253. The van der Waals surface area contributed by atoms with Crippen LogP contribution in [0.2, 0.25) is 5.02 Å². The number of halogens is 2. The maximum absolute atomic E-state index is 12.8. The summed E-state index contributed by atoms with van der Waals surface area (Å²) in [5, 5.41) is 7.67. The van der Waals surface area contributed by atoms with E-state index in [1.54, 1.807) is 36.4 Å². The van der Waals surface area contributed by atoms with Crippen molar-refractivity contribution in [1.82, 2.24) is 5.43 Å². The van der Waals surface area contributed by atoms with Crippen molar-refractivity contribution in [3.8, 4) is 0 Å². The van der Waals surface area contributed by atoms with Gasteiger partial charge in [0.15, 0.2) is 5.76 Å². The second-order valence-corrected chi connectivity index (χ2v) is 8.53. The third kappa shape index (κ3) is 4.73. The molecule has 31 heavy (non-hydrogen) atoms. The lowest BCUT2D eigenvalue weighted by Crippen LogP contribution is -2.22. The number of anilines is 1. The molecule has 0 aliphatic heterocycles. The second-order valence-electron chi connectivity index (χ2n) is 7.18. The highest BCUT2D eigenvalue weighted by Crippen LogP contribution is 2.30. The Hall–Kier alpha value is -2.90. The molecule has 1 aliphatic carbocycles. The predicted octanol–water partition coefficient (Wildman–Crippen LogP) is 5.73. The Morgan fingerprint density at radius 3 is 2.61 bits per heavy atom. The highest BCUT2D eigenvalue weighted by molar-refractivity contribution is 9.10. The molecule has 1 aromatic heterocycles. The molecule has 0 radical (unpaired) electrons. The van der Waals surface area contributed by atoms with Crippen molar-refractivity contribution in [3.63, 3.8) is 0 Å². The van der Waals surface area contributed by atoms with Gasteiger partial charge in [-0.3, -0.25) is 9.59 Å². The quantitative estimate of drug-likeness (QED) is 0.449. The summed E-state index contributed by atoms with van der Waals surface area (Å²) < 4.78 is 6.83. The molecule has 6 nitrogen and oxygen atoms in total. The van der Waals surface area contributed by atoms with Crippen LogP contribution in [0.1, 0.15) is 50.6 Å². The van der Waals surface area contributed by atoms with Crippen LogP contribution in [0.4, 0.5) is 5.69 Å². The summed E-state index contributed by atoms with van der Waals surface area (Å²) in [6.07, 6.45) is 2.21. The van der Waals surface area contributed by atoms with Crippen molar-refractivity contribution in [2.75, 3.05) is 5.32 Å². The van der Waals surface area contributed by atoms with E-state index in [0.717, 1.165) is 16.5 Å². The number of nitrogens with one attached hydrogen (secondary N) is 2. The van der Waals surface area contributed by atoms with Crippen LogP contribution >= 0.6 is 27.5 Å². The molecule has 4 rings (SSSR count). The van der Waals surface area contributed by atoms with Gasteiger partial charge in [0, 0.05) is 38.3 Å². The van der Waals surface area contributed by atoms with Crippen molar-refractivity contribution >= 4 is 50.7 Å². The lowest BCUT2D eigenvalue weighted by atomic mass is 9.93. The Kier molecular flexibility index (Phi) is 6.25. The zero-order valence-corrected chi connectivity index (χ0v) is 19.0. The third-order valence-corrected chi connectivity index (χ3v) is 5.78. The van der Waals surface area contributed by atoms with E-state index in [0.29, 0.717) is 46.2 Å². The largest absolute Gasteiger partial charge is 0.455 e. The fourth-order valence-electron chi connectivity index (χ4n) is 3.53. The molecule has 0 fully saturated rings. The van der Waals surface area contributed by atoms with E-state index in [4.69, 9.17) is 16.0 Å². The molecule has 3 aromatic rings. The van der Waals surface area contributed by atoms with Crippen molar-refractivity contribution in [3.05, 3.63) is 86.2 Å². The molecule has 0 saturated heterocycles. The fraction of sp³-hybridized carbons (Fsp3) is 0.174. The van der Waals surface area contributed by atoms with Crippen molar-refractivity contribution in [2.24, 2.45) is 5.10 Å². The van der Waals surface area contributed by atoms with Crippen LogP contribution < -0.4 is 10.7 Å². The van der Waals surface area contributed by atoms with Crippen LogP contribution in [-0.4, -0.2) is 17.5 Å². The Labute approximate surface area is 192 Å². The monoisotopic (exact) mass is 499 g/mol. The number of carbonyl (C=O) groups is 2. The number of furan rings is 1. The van der Waals surface area contributed by atoms with E-state index in [1.165, 1.54) is 0 Å². The average molecular weight is 501 g/mol. The van der Waals surface area contributed by atoms with Gasteiger partial charge in [-0.15, -0.1) is 0 Å². The van der Waals surface area contributed by atoms with Crippen molar-refractivity contribution in [2.45, 2.75) is 26.2 Å². The second kappa shape index (κ2) is 9.08. The molecule has 158 valence electrons. The van der Waals surface area contributed by atoms with Crippen LogP contribution in [0.15, 0.2) is 62.5 Å². The Morgan fingerprint density at radius 1 is 1.10 bits per heavy atom. The minimum atomic E-state index is -0.350. The number of hydrogen-bond donors (Lipinski definition) is 2. The SMILES string of the molecule is Cc1c(C(=O)Nc2ccc(Br)cc2)oc2c1/C(=N/NC(=O)c1cccc(Cl)c1)CCC2. The van der Waals surface area contributed by atoms with Gasteiger partial charge in [0.05, 0.1) is 5.71 Å². The molecule has 0 saturated carbocycles. The molecule has 2 N–H and O–H groups in total. The summed E-state index contributed by atoms with van der Waals surface area (Å²) in [6, 6.07) is 14.0. The summed E-state index contributed by atoms with van der Waals surface area (Å²) in [6.45, 7) is 1.83. The number of amides is 2. The third-order valence-electron chi connectivity index (χ3n) is 5.01. The molecule has 0 bridgehead atoms. The molecule has 2 aromatic carbocycles. The zero-order chi connectivity index (χ0) is 22.0.